The maximum absolute atomic E-state index is 12.4. The van der Waals surface area contributed by atoms with Gasteiger partial charge in [-0.2, -0.15) is 10.2 Å². The second kappa shape index (κ2) is 8.21. The Morgan fingerprint density at radius 3 is 2.71 bits per heavy atom. The highest BCUT2D eigenvalue weighted by Crippen LogP contribution is 2.20. The monoisotopic (exact) mass is 448 g/mol. The Bertz CT molecular complexity index is 998. The van der Waals surface area contributed by atoms with E-state index in [9.17, 15) is 14.9 Å². The summed E-state index contributed by atoms with van der Waals surface area (Å²) in [5, 5.41) is 21.8. The van der Waals surface area contributed by atoms with Crippen LogP contribution in [0.15, 0.2) is 47.3 Å². The summed E-state index contributed by atoms with van der Waals surface area (Å²) in [5.41, 5.74) is 0.606. The lowest BCUT2D eigenvalue weighted by Gasteiger charge is -2.11. The van der Waals surface area contributed by atoms with E-state index < -0.39 is 11.0 Å². The molecule has 11 heteroatoms. The van der Waals surface area contributed by atoms with Crippen LogP contribution in [0.25, 0.3) is 0 Å². The molecule has 2 aromatic heterocycles. The highest BCUT2D eigenvalue weighted by molar-refractivity contribution is 9.10. The van der Waals surface area contributed by atoms with Gasteiger partial charge in [0.2, 0.25) is 5.91 Å². The lowest BCUT2D eigenvalue weighted by Crippen LogP contribution is -2.24. The number of aryl methyl sites for hydroxylation is 1. The van der Waals surface area contributed by atoms with Gasteiger partial charge in [-0.15, -0.1) is 0 Å². The Morgan fingerprint density at radius 1 is 1.36 bits per heavy atom. The fourth-order valence-electron chi connectivity index (χ4n) is 2.39. The number of rotatable bonds is 7. The van der Waals surface area contributed by atoms with Gasteiger partial charge in [0.25, 0.3) is 0 Å². The van der Waals surface area contributed by atoms with Crippen molar-refractivity contribution in [1.29, 1.82) is 0 Å². The van der Waals surface area contributed by atoms with Crippen molar-refractivity contribution in [2.24, 2.45) is 0 Å². The molecule has 1 unspecified atom stereocenters. The molecule has 10 nitrogen and oxygen atoms in total. The van der Waals surface area contributed by atoms with Gasteiger partial charge in [0.1, 0.15) is 23.7 Å². The molecule has 3 aromatic rings. The number of anilines is 1. The molecule has 0 radical (unpaired) electrons. The molecule has 0 fully saturated rings. The number of hydrogen-bond acceptors (Lipinski definition) is 6. The number of hydrogen-bond donors (Lipinski definition) is 1. The number of nitrogens with one attached hydrogen (secondary N) is 1. The number of ether oxygens (including phenoxy) is 1. The van der Waals surface area contributed by atoms with Crippen LogP contribution in [0.2, 0.25) is 0 Å². The van der Waals surface area contributed by atoms with E-state index in [0.29, 0.717) is 11.4 Å². The molecule has 0 aliphatic heterocycles. The number of aromatic nitrogens is 4. The molecule has 146 valence electrons. The molecule has 0 aliphatic rings. The zero-order valence-electron chi connectivity index (χ0n) is 15.1. The highest BCUT2D eigenvalue weighted by Gasteiger charge is 2.22. The molecule has 1 amide bonds. The van der Waals surface area contributed by atoms with Crippen LogP contribution in [0, 0.1) is 17.0 Å². The van der Waals surface area contributed by atoms with Crippen LogP contribution in [-0.4, -0.2) is 30.4 Å². The standard InChI is InChI=1S/C17H17BrN6O4/c1-11-16(24(26)27)9-23(21-11)12(2)17(25)20-14-7-19-22(8-14)10-28-15-5-3-13(18)4-6-15/h3-9,12H,10H2,1-2H3,(H,20,25). The van der Waals surface area contributed by atoms with Gasteiger partial charge in [-0.05, 0) is 38.1 Å². The molecule has 3 rings (SSSR count). The van der Waals surface area contributed by atoms with Crippen molar-refractivity contribution in [3.05, 3.63) is 63.1 Å². The van der Waals surface area contributed by atoms with E-state index in [4.69, 9.17) is 4.74 Å². The summed E-state index contributed by atoms with van der Waals surface area (Å²) in [4.78, 5) is 22.8. The van der Waals surface area contributed by atoms with Crippen LogP contribution in [0.3, 0.4) is 0 Å². The predicted octanol–water partition coefficient (Wildman–Crippen LogP) is 3.29. The third-order valence-electron chi connectivity index (χ3n) is 3.94. The fourth-order valence-corrected chi connectivity index (χ4v) is 2.65. The van der Waals surface area contributed by atoms with Crippen LogP contribution in [0.4, 0.5) is 11.4 Å². The average Bonchev–Trinajstić information content (AvgIpc) is 3.27. The van der Waals surface area contributed by atoms with Gasteiger partial charge in [0, 0.05) is 4.47 Å². The predicted molar refractivity (Wildman–Crippen MR) is 104 cm³/mol. The van der Waals surface area contributed by atoms with Crippen molar-refractivity contribution < 1.29 is 14.5 Å². The van der Waals surface area contributed by atoms with Gasteiger partial charge in [-0.1, -0.05) is 15.9 Å². The summed E-state index contributed by atoms with van der Waals surface area (Å²) in [6.07, 6.45) is 4.36. The number of nitro groups is 1. The van der Waals surface area contributed by atoms with Crippen LogP contribution < -0.4 is 10.1 Å². The van der Waals surface area contributed by atoms with Crippen molar-refractivity contribution in [2.45, 2.75) is 26.6 Å². The normalized spacial score (nSPS) is 11.8. The topological polar surface area (TPSA) is 117 Å². The van der Waals surface area contributed by atoms with Crippen molar-refractivity contribution in [3.63, 3.8) is 0 Å². The fraction of sp³-hybridized carbons (Fsp3) is 0.235. The first-order valence-corrected chi connectivity index (χ1v) is 9.04. The lowest BCUT2D eigenvalue weighted by molar-refractivity contribution is -0.385. The second-order valence-electron chi connectivity index (χ2n) is 6.00. The van der Waals surface area contributed by atoms with Gasteiger partial charge in [-0.3, -0.25) is 19.6 Å². The Labute approximate surface area is 168 Å². The zero-order valence-corrected chi connectivity index (χ0v) is 16.7. The number of carbonyl (C=O) groups is 1. The Balaban J connectivity index is 1.59. The second-order valence-corrected chi connectivity index (χ2v) is 6.91. The third kappa shape index (κ3) is 4.55. The zero-order chi connectivity index (χ0) is 20.3. The molecule has 28 heavy (non-hydrogen) atoms. The summed E-state index contributed by atoms with van der Waals surface area (Å²) < 4.78 is 9.36. The first-order valence-electron chi connectivity index (χ1n) is 8.25. The van der Waals surface area contributed by atoms with Gasteiger partial charge in [0.15, 0.2) is 6.73 Å². The highest BCUT2D eigenvalue weighted by atomic mass is 79.9. The van der Waals surface area contributed by atoms with Gasteiger partial charge >= 0.3 is 5.69 Å². The van der Waals surface area contributed by atoms with Crippen molar-refractivity contribution in [1.82, 2.24) is 19.6 Å². The van der Waals surface area contributed by atoms with Crippen LogP contribution in [-0.2, 0) is 11.5 Å². The summed E-state index contributed by atoms with van der Waals surface area (Å²) in [7, 11) is 0. The largest absolute Gasteiger partial charge is 0.471 e. The van der Waals surface area contributed by atoms with Gasteiger partial charge in [-0.25, -0.2) is 4.68 Å². The SMILES string of the molecule is Cc1nn(C(C)C(=O)Nc2cnn(COc3ccc(Br)cc3)c2)cc1[N+](=O)[O-]. The smallest absolute Gasteiger partial charge is 0.309 e. The molecule has 0 bridgehead atoms. The number of benzene rings is 1. The summed E-state index contributed by atoms with van der Waals surface area (Å²) >= 11 is 3.36. The number of nitrogens with zero attached hydrogens (tertiary/aromatic N) is 5. The Hall–Kier alpha value is -3.21. The van der Waals surface area contributed by atoms with E-state index in [1.54, 1.807) is 13.1 Å². The minimum atomic E-state index is -0.727. The van der Waals surface area contributed by atoms with Gasteiger partial charge in [0.05, 0.1) is 23.0 Å². The molecule has 0 saturated heterocycles. The molecular weight excluding hydrogens is 432 g/mol. The maximum Gasteiger partial charge on any atom is 0.309 e. The number of halogens is 1. The van der Waals surface area contributed by atoms with Gasteiger partial charge < -0.3 is 10.1 Å². The Kier molecular flexibility index (Phi) is 5.73. The molecule has 2 heterocycles. The van der Waals surface area contributed by atoms with E-state index in [0.717, 1.165) is 4.47 Å². The summed E-state index contributed by atoms with van der Waals surface area (Å²) in [6, 6.07) is 6.65. The van der Waals surface area contributed by atoms with Crippen molar-refractivity contribution >= 4 is 33.2 Å². The third-order valence-corrected chi connectivity index (χ3v) is 4.47. The van der Waals surface area contributed by atoms with E-state index >= 15 is 0 Å². The van der Waals surface area contributed by atoms with Crippen LogP contribution >= 0.6 is 15.9 Å². The molecule has 0 saturated carbocycles. The summed E-state index contributed by atoms with van der Waals surface area (Å²) in [6.45, 7) is 3.30. The lowest BCUT2D eigenvalue weighted by atomic mass is 10.3. The van der Waals surface area contributed by atoms with E-state index in [1.165, 1.54) is 28.7 Å². The molecular formula is C17H17BrN6O4. The number of amides is 1. The summed E-state index contributed by atoms with van der Waals surface area (Å²) in [5.74, 6) is 0.319. The first-order chi connectivity index (χ1) is 13.3. The van der Waals surface area contributed by atoms with E-state index in [1.807, 2.05) is 24.3 Å². The van der Waals surface area contributed by atoms with Crippen LogP contribution in [0.5, 0.6) is 5.75 Å². The molecule has 1 aromatic carbocycles. The van der Waals surface area contributed by atoms with E-state index in [2.05, 4.69) is 31.4 Å². The minimum Gasteiger partial charge on any atom is -0.471 e. The Morgan fingerprint density at radius 2 is 2.07 bits per heavy atom. The molecule has 1 N–H and O–H groups in total. The van der Waals surface area contributed by atoms with Crippen molar-refractivity contribution in [3.8, 4) is 5.75 Å². The minimum absolute atomic E-state index is 0.127. The quantitative estimate of drug-likeness (QED) is 0.437. The van der Waals surface area contributed by atoms with Crippen LogP contribution in [0.1, 0.15) is 18.7 Å². The molecule has 0 spiro atoms. The maximum atomic E-state index is 12.4. The molecule has 0 aliphatic carbocycles. The number of carbonyl (C=O) groups excluding carboxylic acids is 1. The molecule has 1 atom stereocenters. The first kappa shape index (κ1) is 19.5. The van der Waals surface area contributed by atoms with Crippen molar-refractivity contribution in [2.75, 3.05) is 5.32 Å². The average molecular weight is 449 g/mol. The van der Waals surface area contributed by atoms with E-state index in [-0.39, 0.29) is 24.0 Å².